The van der Waals surface area contributed by atoms with E-state index in [1.807, 2.05) is 6.92 Å². The molecule has 0 saturated carbocycles. The first kappa shape index (κ1) is 15.3. The Morgan fingerprint density at radius 3 is 3.14 bits per heavy atom. The number of phenolic OH excluding ortho intramolecular Hbond substituents is 1. The highest BCUT2D eigenvalue weighted by molar-refractivity contribution is 5.94. The second-order valence-electron chi connectivity index (χ2n) is 5.56. The molecule has 1 unspecified atom stereocenters. The molecule has 0 radical (unpaired) electrons. The summed E-state index contributed by atoms with van der Waals surface area (Å²) in [6, 6.07) is 7.29. The van der Waals surface area contributed by atoms with Crippen LogP contribution in [0.4, 0.5) is 5.69 Å². The van der Waals surface area contributed by atoms with Crippen LogP contribution < -0.4 is 5.32 Å². The van der Waals surface area contributed by atoms with Gasteiger partial charge in [0.15, 0.2) is 0 Å². The van der Waals surface area contributed by atoms with Crippen LogP contribution in [0.3, 0.4) is 0 Å². The van der Waals surface area contributed by atoms with Gasteiger partial charge >= 0.3 is 0 Å². The third kappa shape index (κ3) is 4.20. The van der Waals surface area contributed by atoms with Crippen molar-refractivity contribution in [1.82, 2.24) is 4.90 Å². The molecule has 1 aromatic rings. The number of amides is 1. The molecular formula is C16H21N3O2. The molecule has 1 aliphatic heterocycles. The lowest BCUT2D eigenvalue weighted by atomic mass is 9.97. The monoisotopic (exact) mass is 287 g/mol. The minimum Gasteiger partial charge on any atom is -0.506 e. The second kappa shape index (κ2) is 7.09. The summed E-state index contributed by atoms with van der Waals surface area (Å²) < 4.78 is 0. The van der Waals surface area contributed by atoms with Crippen molar-refractivity contribution in [2.75, 3.05) is 25.0 Å². The third-order valence-electron chi connectivity index (χ3n) is 3.83. The van der Waals surface area contributed by atoms with Gasteiger partial charge in [0.2, 0.25) is 5.91 Å². The van der Waals surface area contributed by atoms with Crippen molar-refractivity contribution >= 4 is 11.6 Å². The molecule has 2 rings (SSSR count). The molecule has 1 fully saturated rings. The molecule has 1 atom stereocenters. The van der Waals surface area contributed by atoms with E-state index in [1.165, 1.54) is 0 Å². The molecule has 1 aliphatic rings. The van der Waals surface area contributed by atoms with E-state index >= 15 is 0 Å². The van der Waals surface area contributed by atoms with Gasteiger partial charge in [0.1, 0.15) is 5.75 Å². The SMILES string of the molecule is Cc1ccc(O)c(NC(=O)C2CCCN(CCC#N)C2)c1. The van der Waals surface area contributed by atoms with Gasteiger partial charge < -0.3 is 15.3 Å². The first-order valence-corrected chi connectivity index (χ1v) is 7.30. The van der Waals surface area contributed by atoms with Gasteiger partial charge in [0.05, 0.1) is 17.7 Å². The number of phenols is 1. The number of nitriles is 1. The molecule has 0 aromatic heterocycles. The second-order valence-corrected chi connectivity index (χ2v) is 5.56. The molecule has 1 saturated heterocycles. The first-order chi connectivity index (χ1) is 10.1. The lowest BCUT2D eigenvalue weighted by Crippen LogP contribution is -2.41. The smallest absolute Gasteiger partial charge is 0.228 e. The van der Waals surface area contributed by atoms with Gasteiger partial charge in [-0.1, -0.05) is 6.07 Å². The lowest BCUT2D eigenvalue weighted by molar-refractivity contribution is -0.121. The highest BCUT2D eigenvalue weighted by atomic mass is 16.3. The van der Waals surface area contributed by atoms with Crippen molar-refractivity contribution in [2.45, 2.75) is 26.2 Å². The molecule has 21 heavy (non-hydrogen) atoms. The van der Waals surface area contributed by atoms with Crippen LogP contribution >= 0.6 is 0 Å². The maximum atomic E-state index is 12.3. The van der Waals surface area contributed by atoms with E-state index in [9.17, 15) is 9.90 Å². The van der Waals surface area contributed by atoms with Gasteiger partial charge in [0.25, 0.3) is 0 Å². The van der Waals surface area contributed by atoms with Gasteiger partial charge in [0, 0.05) is 19.5 Å². The van der Waals surface area contributed by atoms with Crippen molar-refractivity contribution in [2.24, 2.45) is 5.92 Å². The largest absolute Gasteiger partial charge is 0.506 e. The summed E-state index contributed by atoms with van der Waals surface area (Å²) >= 11 is 0. The van der Waals surface area contributed by atoms with Crippen LogP contribution in [0.25, 0.3) is 0 Å². The molecular weight excluding hydrogens is 266 g/mol. The molecule has 1 heterocycles. The van der Waals surface area contributed by atoms with Crippen molar-refractivity contribution in [3.05, 3.63) is 23.8 Å². The molecule has 0 aliphatic carbocycles. The molecule has 5 nitrogen and oxygen atoms in total. The molecule has 112 valence electrons. The Morgan fingerprint density at radius 1 is 1.57 bits per heavy atom. The highest BCUT2D eigenvalue weighted by Crippen LogP contribution is 2.26. The quantitative estimate of drug-likeness (QED) is 0.833. The van der Waals surface area contributed by atoms with Crippen LogP contribution in [-0.4, -0.2) is 35.5 Å². The number of carbonyl (C=O) groups is 1. The number of nitrogens with one attached hydrogen (secondary N) is 1. The minimum absolute atomic E-state index is 0.0578. The predicted octanol–water partition coefficient (Wildman–Crippen LogP) is 2.26. The number of nitrogens with zero attached hydrogens (tertiary/aromatic N) is 2. The Morgan fingerprint density at radius 2 is 2.38 bits per heavy atom. The average Bonchev–Trinajstić information content (AvgIpc) is 2.49. The van der Waals surface area contributed by atoms with Gasteiger partial charge in [-0.2, -0.15) is 5.26 Å². The fraction of sp³-hybridized carbons (Fsp3) is 0.500. The number of rotatable bonds is 4. The number of carbonyl (C=O) groups excluding carboxylic acids is 1. The van der Waals surface area contributed by atoms with E-state index in [-0.39, 0.29) is 17.6 Å². The number of likely N-dealkylation sites (tertiary alicyclic amines) is 1. The molecule has 0 spiro atoms. The van der Waals surface area contributed by atoms with Crippen LogP contribution in [0.1, 0.15) is 24.8 Å². The normalized spacial score (nSPS) is 19.0. The molecule has 5 heteroatoms. The Labute approximate surface area is 125 Å². The third-order valence-corrected chi connectivity index (χ3v) is 3.83. The standard InChI is InChI=1S/C16H21N3O2/c1-12-5-6-15(20)14(10-12)18-16(21)13-4-2-8-19(11-13)9-3-7-17/h5-6,10,13,20H,2-4,8-9,11H2,1H3,(H,18,21). The number of hydrogen-bond acceptors (Lipinski definition) is 4. The highest BCUT2D eigenvalue weighted by Gasteiger charge is 2.26. The Balaban J connectivity index is 1.96. The van der Waals surface area contributed by atoms with Crippen molar-refractivity contribution in [1.29, 1.82) is 5.26 Å². The molecule has 1 amide bonds. The van der Waals surface area contributed by atoms with Gasteiger partial charge in [-0.15, -0.1) is 0 Å². The van der Waals surface area contributed by atoms with E-state index in [2.05, 4.69) is 16.3 Å². The predicted molar refractivity (Wildman–Crippen MR) is 80.9 cm³/mol. The molecule has 2 N–H and O–H groups in total. The van der Waals surface area contributed by atoms with Crippen molar-refractivity contribution < 1.29 is 9.90 Å². The van der Waals surface area contributed by atoms with Crippen molar-refractivity contribution in [3.8, 4) is 11.8 Å². The number of benzene rings is 1. The summed E-state index contributed by atoms with van der Waals surface area (Å²) in [7, 11) is 0. The first-order valence-electron chi connectivity index (χ1n) is 7.30. The van der Waals surface area contributed by atoms with E-state index in [0.717, 1.165) is 31.5 Å². The van der Waals surface area contributed by atoms with Gasteiger partial charge in [-0.05, 0) is 44.0 Å². The van der Waals surface area contributed by atoms with Crippen LogP contribution in [0.2, 0.25) is 0 Å². The van der Waals surface area contributed by atoms with Crippen LogP contribution in [0.15, 0.2) is 18.2 Å². The summed E-state index contributed by atoms with van der Waals surface area (Å²) in [4.78, 5) is 14.5. The zero-order valence-electron chi connectivity index (χ0n) is 12.3. The summed E-state index contributed by atoms with van der Waals surface area (Å²) in [5, 5.41) is 21.2. The van der Waals surface area contributed by atoms with Crippen LogP contribution in [0.5, 0.6) is 5.75 Å². The lowest BCUT2D eigenvalue weighted by Gasteiger charge is -2.31. The average molecular weight is 287 g/mol. The topological polar surface area (TPSA) is 76.4 Å². The maximum Gasteiger partial charge on any atom is 0.228 e. The summed E-state index contributed by atoms with van der Waals surface area (Å²) in [6.07, 6.45) is 2.30. The van der Waals surface area contributed by atoms with E-state index in [0.29, 0.717) is 18.7 Å². The number of hydrogen-bond donors (Lipinski definition) is 2. The summed E-state index contributed by atoms with van der Waals surface area (Å²) in [5.41, 5.74) is 1.46. The minimum atomic E-state index is -0.0858. The zero-order chi connectivity index (χ0) is 15.2. The van der Waals surface area contributed by atoms with Crippen LogP contribution in [-0.2, 0) is 4.79 Å². The van der Waals surface area contributed by atoms with Crippen molar-refractivity contribution in [3.63, 3.8) is 0 Å². The van der Waals surface area contributed by atoms with Gasteiger partial charge in [-0.3, -0.25) is 4.79 Å². The fourth-order valence-corrected chi connectivity index (χ4v) is 2.67. The van der Waals surface area contributed by atoms with E-state index < -0.39 is 0 Å². The number of aromatic hydroxyl groups is 1. The number of aryl methyl sites for hydroxylation is 1. The van der Waals surface area contributed by atoms with Crippen LogP contribution in [0, 0.1) is 24.2 Å². The van der Waals surface area contributed by atoms with Gasteiger partial charge in [-0.25, -0.2) is 0 Å². The Kier molecular flexibility index (Phi) is 5.18. The summed E-state index contributed by atoms with van der Waals surface area (Å²) in [5.74, 6) is -0.0546. The maximum absolute atomic E-state index is 12.3. The number of piperidine rings is 1. The van der Waals surface area contributed by atoms with E-state index in [1.54, 1.807) is 18.2 Å². The Bertz CT molecular complexity index is 551. The zero-order valence-corrected chi connectivity index (χ0v) is 12.3. The Hall–Kier alpha value is -2.06. The molecule has 0 bridgehead atoms. The fourth-order valence-electron chi connectivity index (χ4n) is 2.67. The number of anilines is 1. The molecule has 1 aromatic carbocycles. The summed E-state index contributed by atoms with van der Waals surface area (Å²) in [6.45, 7) is 4.26. The van der Waals surface area contributed by atoms with E-state index in [4.69, 9.17) is 5.26 Å².